The van der Waals surface area contributed by atoms with E-state index < -0.39 is 5.51 Å². The Morgan fingerprint density at radius 1 is 1.54 bits per heavy atom. The topological polar surface area (TPSA) is 17.8 Å². The van der Waals surface area contributed by atoms with Gasteiger partial charge in [0, 0.05) is 11.9 Å². The van der Waals surface area contributed by atoms with E-state index in [2.05, 4.69) is 27.7 Å². The quantitative estimate of drug-likeness (QED) is 0.797. The summed E-state index contributed by atoms with van der Waals surface area (Å²) in [4.78, 5) is 0. The molecule has 0 bridgehead atoms. The summed E-state index contributed by atoms with van der Waals surface area (Å²) in [5.41, 5.74) is -4.14. The molecule has 0 amide bonds. The minimum atomic E-state index is -4.14. The molecular weight excluding hydrogens is 316 g/mol. The Balaban J connectivity index is 2.28. The summed E-state index contributed by atoms with van der Waals surface area (Å²) in [5, 5.41) is 3.86. The fourth-order valence-corrected chi connectivity index (χ4v) is 1.67. The lowest BCUT2D eigenvalue weighted by Gasteiger charge is -2.04. The third-order valence-electron chi connectivity index (χ3n) is 1.19. The first-order valence-electron chi connectivity index (χ1n) is 3.36. The Morgan fingerprint density at radius 3 is 2.69 bits per heavy atom. The lowest BCUT2D eigenvalue weighted by atomic mass is 10.7. The summed E-state index contributed by atoms with van der Waals surface area (Å²) in [7, 11) is 0. The van der Waals surface area contributed by atoms with E-state index in [0.717, 1.165) is 3.57 Å². The zero-order valence-corrected chi connectivity index (χ0v) is 9.36. The van der Waals surface area contributed by atoms with Crippen molar-refractivity contribution in [1.82, 2.24) is 9.78 Å². The monoisotopic (exact) mass is 322 g/mol. The van der Waals surface area contributed by atoms with Crippen molar-refractivity contribution in [1.29, 1.82) is 0 Å². The average molecular weight is 322 g/mol. The van der Waals surface area contributed by atoms with Gasteiger partial charge in [-0.3, -0.25) is 4.68 Å². The molecule has 13 heavy (non-hydrogen) atoms. The number of aryl methyl sites for hydroxylation is 1. The van der Waals surface area contributed by atoms with E-state index in [9.17, 15) is 13.2 Å². The molecule has 0 aliphatic carbocycles. The lowest BCUT2D eigenvalue weighted by molar-refractivity contribution is -0.0328. The Hall–Kier alpha value is 0.0800. The normalized spacial score (nSPS) is 12.0. The number of nitrogens with zero attached hydrogens (tertiary/aromatic N) is 2. The molecule has 0 N–H and O–H groups in total. The van der Waals surface area contributed by atoms with Gasteiger partial charge in [0.25, 0.3) is 0 Å². The fourth-order valence-electron chi connectivity index (χ4n) is 0.716. The van der Waals surface area contributed by atoms with Crippen LogP contribution in [0.2, 0.25) is 0 Å². The lowest BCUT2D eigenvalue weighted by Crippen LogP contribution is -2.07. The highest BCUT2D eigenvalue weighted by atomic mass is 127. The number of thioether (sulfide) groups is 1. The van der Waals surface area contributed by atoms with Gasteiger partial charge in [-0.15, -0.1) is 0 Å². The van der Waals surface area contributed by atoms with Crippen LogP contribution >= 0.6 is 34.4 Å². The molecule has 1 rings (SSSR count). The van der Waals surface area contributed by atoms with Gasteiger partial charge < -0.3 is 0 Å². The molecular formula is C6H6F3IN2S. The maximum Gasteiger partial charge on any atom is 0.441 e. The summed E-state index contributed by atoms with van der Waals surface area (Å²) in [6.07, 6.45) is 3.32. The van der Waals surface area contributed by atoms with E-state index in [0.29, 0.717) is 0 Å². The van der Waals surface area contributed by atoms with Crippen molar-refractivity contribution in [2.24, 2.45) is 0 Å². The van der Waals surface area contributed by atoms with Gasteiger partial charge in [0.1, 0.15) is 0 Å². The number of halogens is 4. The van der Waals surface area contributed by atoms with Crippen molar-refractivity contribution in [3.63, 3.8) is 0 Å². The van der Waals surface area contributed by atoms with Crippen LogP contribution in [0.5, 0.6) is 0 Å². The zero-order chi connectivity index (χ0) is 9.90. The van der Waals surface area contributed by atoms with Crippen molar-refractivity contribution >= 4 is 34.4 Å². The minimum Gasteiger partial charge on any atom is -0.271 e. The molecule has 0 unspecified atom stereocenters. The highest BCUT2D eigenvalue weighted by molar-refractivity contribution is 14.1. The van der Waals surface area contributed by atoms with Crippen LogP contribution in [0.1, 0.15) is 0 Å². The second kappa shape index (κ2) is 4.54. The van der Waals surface area contributed by atoms with Crippen molar-refractivity contribution in [2.45, 2.75) is 12.1 Å². The van der Waals surface area contributed by atoms with E-state index in [-0.39, 0.29) is 24.1 Å². The molecule has 0 aliphatic heterocycles. The summed E-state index contributed by atoms with van der Waals surface area (Å²) in [6.45, 7) is 0.285. The Labute approximate surface area is 91.0 Å². The smallest absolute Gasteiger partial charge is 0.271 e. The minimum absolute atomic E-state index is 0.00125. The number of aromatic nitrogens is 2. The van der Waals surface area contributed by atoms with Gasteiger partial charge in [-0.2, -0.15) is 18.3 Å². The highest BCUT2D eigenvalue weighted by Gasteiger charge is 2.27. The van der Waals surface area contributed by atoms with Gasteiger partial charge in [-0.25, -0.2) is 0 Å². The predicted molar refractivity (Wildman–Crippen MR) is 53.5 cm³/mol. The van der Waals surface area contributed by atoms with Crippen LogP contribution in [-0.2, 0) is 6.54 Å². The molecule has 0 aliphatic rings. The summed E-state index contributed by atoms with van der Waals surface area (Å²) in [6, 6.07) is 0. The van der Waals surface area contributed by atoms with E-state index in [1.165, 1.54) is 4.68 Å². The molecule has 0 radical (unpaired) electrons. The molecule has 0 saturated heterocycles. The Kier molecular flexibility index (Phi) is 3.89. The van der Waals surface area contributed by atoms with Crippen LogP contribution in [0.3, 0.4) is 0 Å². The molecule has 1 heterocycles. The number of hydrogen-bond donors (Lipinski definition) is 0. The van der Waals surface area contributed by atoms with Gasteiger partial charge in [-0.1, -0.05) is 0 Å². The van der Waals surface area contributed by atoms with Gasteiger partial charge in [-0.05, 0) is 34.4 Å². The Morgan fingerprint density at radius 2 is 2.23 bits per heavy atom. The van der Waals surface area contributed by atoms with Crippen LogP contribution in [0.15, 0.2) is 12.4 Å². The third-order valence-corrected chi connectivity index (χ3v) is 2.46. The highest BCUT2D eigenvalue weighted by Crippen LogP contribution is 2.29. The first-order valence-corrected chi connectivity index (χ1v) is 5.42. The van der Waals surface area contributed by atoms with Crippen LogP contribution in [0, 0.1) is 3.57 Å². The molecule has 7 heteroatoms. The Bertz CT molecular complexity index is 273. The third kappa shape index (κ3) is 4.75. The van der Waals surface area contributed by atoms with E-state index in [4.69, 9.17) is 0 Å². The van der Waals surface area contributed by atoms with Crippen molar-refractivity contribution in [3.8, 4) is 0 Å². The van der Waals surface area contributed by atoms with Crippen molar-refractivity contribution in [3.05, 3.63) is 16.0 Å². The molecule has 1 aromatic rings. The van der Waals surface area contributed by atoms with Gasteiger partial charge in [0.2, 0.25) is 0 Å². The largest absolute Gasteiger partial charge is 0.441 e. The summed E-state index contributed by atoms with van der Waals surface area (Å²) in [5.74, 6) is 0.00125. The molecule has 1 aromatic heterocycles. The van der Waals surface area contributed by atoms with Crippen molar-refractivity contribution < 1.29 is 13.2 Å². The maximum atomic E-state index is 11.7. The SMILES string of the molecule is FC(F)(F)SCCn1cc(I)cn1. The maximum absolute atomic E-state index is 11.7. The number of alkyl halides is 3. The molecule has 0 spiro atoms. The van der Waals surface area contributed by atoms with Crippen LogP contribution in [0.4, 0.5) is 13.2 Å². The van der Waals surface area contributed by atoms with Gasteiger partial charge in [0.15, 0.2) is 0 Å². The summed E-state index contributed by atoms with van der Waals surface area (Å²) < 4.78 is 37.5. The van der Waals surface area contributed by atoms with Gasteiger partial charge in [0.05, 0.1) is 16.3 Å². The molecule has 74 valence electrons. The molecule has 0 saturated carbocycles. The molecule has 0 fully saturated rings. The van der Waals surface area contributed by atoms with E-state index in [1.54, 1.807) is 12.4 Å². The van der Waals surface area contributed by atoms with Gasteiger partial charge >= 0.3 is 5.51 Å². The molecule has 0 atom stereocenters. The van der Waals surface area contributed by atoms with E-state index >= 15 is 0 Å². The van der Waals surface area contributed by atoms with Crippen LogP contribution in [-0.4, -0.2) is 21.0 Å². The fraction of sp³-hybridized carbons (Fsp3) is 0.500. The first-order chi connectivity index (χ1) is 5.97. The van der Waals surface area contributed by atoms with E-state index in [1.807, 2.05) is 0 Å². The second-order valence-electron chi connectivity index (χ2n) is 2.22. The standard InChI is InChI=1S/C6H6F3IN2S/c7-6(8,9)13-2-1-12-4-5(10)3-11-12/h3-4H,1-2H2. The second-order valence-corrected chi connectivity index (χ2v) is 4.62. The zero-order valence-electron chi connectivity index (χ0n) is 6.38. The number of hydrogen-bond acceptors (Lipinski definition) is 2. The average Bonchev–Trinajstić information content (AvgIpc) is 2.33. The van der Waals surface area contributed by atoms with Crippen LogP contribution in [0.25, 0.3) is 0 Å². The molecule has 0 aromatic carbocycles. The predicted octanol–water partition coefficient (Wildman–Crippen LogP) is 2.74. The first kappa shape index (κ1) is 11.2. The molecule has 2 nitrogen and oxygen atoms in total. The number of rotatable bonds is 3. The van der Waals surface area contributed by atoms with Crippen LogP contribution < -0.4 is 0 Å². The van der Waals surface area contributed by atoms with Crippen molar-refractivity contribution in [2.75, 3.05) is 5.75 Å². The summed E-state index contributed by atoms with van der Waals surface area (Å²) >= 11 is 2.03.